The van der Waals surface area contributed by atoms with Gasteiger partial charge >= 0.3 is 6.18 Å². The van der Waals surface area contributed by atoms with Crippen LogP contribution in [0, 0.1) is 5.82 Å². The van der Waals surface area contributed by atoms with E-state index in [-0.39, 0.29) is 12.1 Å². The molecule has 0 radical (unpaired) electrons. The van der Waals surface area contributed by atoms with Crippen molar-refractivity contribution in [1.29, 1.82) is 0 Å². The second kappa shape index (κ2) is 8.34. The normalized spacial score (nSPS) is 11.4. The van der Waals surface area contributed by atoms with E-state index in [4.69, 9.17) is 4.74 Å². The van der Waals surface area contributed by atoms with Crippen LogP contribution in [-0.4, -0.2) is 16.1 Å². The van der Waals surface area contributed by atoms with Gasteiger partial charge < -0.3 is 15.4 Å². The highest BCUT2D eigenvalue weighted by atomic mass is 19.4. The third-order valence-corrected chi connectivity index (χ3v) is 3.66. The number of anilines is 4. The van der Waals surface area contributed by atoms with Gasteiger partial charge in [-0.25, -0.2) is 9.37 Å². The van der Waals surface area contributed by atoms with Crippen LogP contribution in [0.15, 0.2) is 54.7 Å². The number of rotatable bonds is 6. The smallest absolute Gasteiger partial charge is 0.421 e. The number of ether oxygens (including phenoxy) is 1. The van der Waals surface area contributed by atoms with Gasteiger partial charge in [0.15, 0.2) is 0 Å². The van der Waals surface area contributed by atoms with Crippen molar-refractivity contribution in [1.82, 2.24) is 9.97 Å². The molecule has 0 aliphatic heterocycles. The second-order valence-electron chi connectivity index (χ2n) is 6.40. The number of alkyl halides is 3. The number of nitrogens with one attached hydrogen (secondary N) is 2. The molecule has 0 bridgehead atoms. The SMILES string of the molecule is CC(C)Oc1cccc(Nc2nc(Nc3ccc(F)cc3)ncc2C(F)(F)F)c1. The fraction of sp³-hybridized carbons (Fsp3) is 0.200. The zero-order chi connectivity index (χ0) is 21.0. The van der Waals surface area contributed by atoms with Crippen molar-refractivity contribution in [3.63, 3.8) is 0 Å². The minimum atomic E-state index is -4.65. The molecule has 3 aromatic rings. The first-order chi connectivity index (χ1) is 13.7. The van der Waals surface area contributed by atoms with E-state index in [1.54, 1.807) is 24.3 Å². The average Bonchev–Trinajstić information content (AvgIpc) is 2.62. The van der Waals surface area contributed by atoms with E-state index in [2.05, 4.69) is 20.6 Å². The van der Waals surface area contributed by atoms with Crippen LogP contribution in [0.5, 0.6) is 5.75 Å². The lowest BCUT2D eigenvalue weighted by Gasteiger charge is -2.16. The van der Waals surface area contributed by atoms with Crippen LogP contribution in [-0.2, 0) is 6.18 Å². The Kier molecular flexibility index (Phi) is 5.86. The molecule has 0 unspecified atom stereocenters. The van der Waals surface area contributed by atoms with Crippen molar-refractivity contribution >= 4 is 23.1 Å². The van der Waals surface area contributed by atoms with Crippen molar-refractivity contribution in [3.05, 3.63) is 66.1 Å². The lowest BCUT2D eigenvalue weighted by atomic mass is 10.2. The van der Waals surface area contributed by atoms with Gasteiger partial charge in [0, 0.05) is 23.6 Å². The summed E-state index contributed by atoms with van der Waals surface area (Å²) in [7, 11) is 0. The highest BCUT2D eigenvalue weighted by Crippen LogP contribution is 2.35. The van der Waals surface area contributed by atoms with E-state index in [9.17, 15) is 17.6 Å². The Bertz CT molecular complexity index is 975. The standard InChI is InChI=1S/C20H18F4N4O/c1-12(2)29-16-5-3-4-15(10-16)26-18-17(20(22,23)24)11-25-19(28-18)27-14-8-6-13(21)7-9-14/h3-12H,1-2H3,(H2,25,26,27,28). The third kappa shape index (κ3) is 5.56. The van der Waals surface area contributed by atoms with E-state index in [1.165, 1.54) is 24.3 Å². The van der Waals surface area contributed by atoms with Crippen molar-refractivity contribution in [2.24, 2.45) is 0 Å². The van der Waals surface area contributed by atoms with Crippen LogP contribution in [0.4, 0.5) is 40.7 Å². The first-order valence-corrected chi connectivity index (χ1v) is 8.71. The van der Waals surface area contributed by atoms with Gasteiger partial charge in [-0.2, -0.15) is 18.2 Å². The van der Waals surface area contributed by atoms with Crippen molar-refractivity contribution in [2.75, 3.05) is 10.6 Å². The zero-order valence-electron chi connectivity index (χ0n) is 15.6. The molecule has 0 aliphatic carbocycles. The van der Waals surface area contributed by atoms with E-state index < -0.39 is 23.4 Å². The first-order valence-electron chi connectivity index (χ1n) is 8.71. The Labute approximate surface area is 164 Å². The lowest BCUT2D eigenvalue weighted by Crippen LogP contribution is -2.12. The van der Waals surface area contributed by atoms with Crippen molar-refractivity contribution in [3.8, 4) is 5.75 Å². The quantitative estimate of drug-likeness (QED) is 0.499. The summed E-state index contributed by atoms with van der Waals surface area (Å²) in [5, 5.41) is 5.43. The number of halogens is 4. The van der Waals surface area contributed by atoms with Gasteiger partial charge in [0.05, 0.1) is 6.10 Å². The fourth-order valence-electron chi connectivity index (χ4n) is 2.46. The molecule has 3 rings (SSSR count). The summed E-state index contributed by atoms with van der Waals surface area (Å²) in [6, 6.07) is 11.8. The predicted molar refractivity (Wildman–Crippen MR) is 102 cm³/mol. The van der Waals surface area contributed by atoms with E-state index in [1.807, 2.05) is 13.8 Å². The molecule has 0 atom stereocenters. The lowest BCUT2D eigenvalue weighted by molar-refractivity contribution is -0.137. The number of aromatic nitrogens is 2. The Hall–Kier alpha value is -3.36. The first kappa shape index (κ1) is 20.4. The van der Waals surface area contributed by atoms with Gasteiger partial charge in [0.1, 0.15) is 22.9 Å². The zero-order valence-corrected chi connectivity index (χ0v) is 15.6. The highest BCUT2D eigenvalue weighted by Gasteiger charge is 2.35. The van der Waals surface area contributed by atoms with Gasteiger partial charge in [-0.1, -0.05) is 6.07 Å². The molecule has 0 saturated heterocycles. The number of hydrogen-bond donors (Lipinski definition) is 2. The monoisotopic (exact) mass is 406 g/mol. The van der Waals surface area contributed by atoms with Crippen LogP contribution < -0.4 is 15.4 Å². The summed E-state index contributed by atoms with van der Waals surface area (Å²) in [6.07, 6.45) is -4.04. The van der Waals surface area contributed by atoms with E-state index >= 15 is 0 Å². The Morgan fingerprint density at radius 1 is 0.966 bits per heavy atom. The molecule has 0 fully saturated rings. The summed E-state index contributed by atoms with van der Waals surface area (Å²) >= 11 is 0. The molecule has 29 heavy (non-hydrogen) atoms. The maximum absolute atomic E-state index is 13.4. The molecule has 1 heterocycles. The Morgan fingerprint density at radius 2 is 1.69 bits per heavy atom. The van der Waals surface area contributed by atoms with Crippen LogP contribution in [0.1, 0.15) is 19.4 Å². The van der Waals surface area contributed by atoms with Gasteiger partial charge in [-0.15, -0.1) is 0 Å². The molecule has 2 N–H and O–H groups in total. The van der Waals surface area contributed by atoms with Gasteiger partial charge in [0.25, 0.3) is 0 Å². The molecular formula is C20H18F4N4O. The van der Waals surface area contributed by atoms with Crippen LogP contribution in [0.2, 0.25) is 0 Å². The molecule has 1 aromatic heterocycles. The highest BCUT2D eigenvalue weighted by molar-refractivity contribution is 5.64. The summed E-state index contributed by atoms with van der Waals surface area (Å²) in [6.45, 7) is 3.69. The third-order valence-electron chi connectivity index (χ3n) is 3.66. The maximum Gasteiger partial charge on any atom is 0.421 e. The minimum absolute atomic E-state index is 0.0679. The molecular weight excluding hydrogens is 388 g/mol. The topological polar surface area (TPSA) is 59.1 Å². The maximum atomic E-state index is 13.4. The summed E-state index contributed by atoms with van der Waals surface area (Å²) in [5.74, 6) is -0.410. The molecule has 2 aromatic carbocycles. The average molecular weight is 406 g/mol. The summed E-state index contributed by atoms with van der Waals surface area (Å²) in [5.41, 5.74) is -0.207. The van der Waals surface area contributed by atoms with Crippen LogP contribution >= 0.6 is 0 Å². The molecule has 0 amide bonds. The molecule has 152 valence electrons. The van der Waals surface area contributed by atoms with E-state index in [0.29, 0.717) is 23.3 Å². The molecule has 0 aliphatic rings. The largest absolute Gasteiger partial charge is 0.491 e. The van der Waals surface area contributed by atoms with Crippen LogP contribution in [0.3, 0.4) is 0 Å². The Balaban J connectivity index is 1.91. The molecule has 0 saturated carbocycles. The van der Waals surface area contributed by atoms with Crippen LogP contribution in [0.25, 0.3) is 0 Å². The molecule has 5 nitrogen and oxygen atoms in total. The number of nitrogens with zero attached hydrogens (tertiary/aromatic N) is 2. The summed E-state index contributed by atoms with van der Waals surface area (Å²) < 4.78 is 58.8. The number of hydrogen-bond acceptors (Lipinski definition) is 5. The van der Waals surface area contributed by atoms with Gasteiger partial charge in [-0.05, 0) is 50.2 Å². The minimum Gasteiger partial charge on any atom is -0.491 e. The van der Waals surface area contributed by atoms with Gasteiger partial charge in [-0.3, -0.25) is 0 Å². The Morgan fingerprint density at radius 3 is 2.34 bits per heavy atom. The fourth-order valence-corrected chi connectivity index (χ4v) is 2.46. The van der Waals surface area contributed by atoms with Crippen molar-refractivity contribution in [2.45, 2.75) is 26.1 Å². The van der Waals surface area contributed by atoms with Crippen molar-refractivity contribution < 1.29 is 22.3 Å². The molecule has 0 spiro atoms. The number of benzene rings is 2. The van der Waals surface area contributed by atoms with E-state index in [0.717, 1.165) is 0 Å². The molecule has 9 heteroatoms. The predicted octanol–water partition coefficient (Wildman–Crippen LogP) is 5.91. The summed E-state index contributed by atoms with van der Waals surface area (Å²) in [4.78, 5) is 7.68. The second-order valence-corrected chi connectivity index (χ2v) is 6.40. The van der Waals surface area contributed by atoms with Gasteiger partial charge in [0.2, 0.25) is 5.95 Å².